The number of halogens is 3. The van der Waals surface area contributed by atoms with Crippen molar-refractivity contribution in [2.24, 2.45) is 0 Å². The monoisotopic (exact) mass is 460 g/mol. The Morgan fingerprint density at radius 3 is 2.03 bits per heavy atom. The number of hydrogen-bond acceptors (Lipinski definition) is 7. The van der Waals surface area contributed by atoms with Crippen LogP contribution < -0.4 is 9.47 Å². The first-order valence-electron chi connectivity index (χ1n) is 9.04. The van der Waals surface area contributed by atoms with Gasteiger partial charge >= 0.3 is 6.36 Å². The van der Waals surface area contributed by atoms with Crippen molar-refractivity contribution >= 4 is 15.6 Å². The highest BCUT2D eigenvalue weighted by Gasteiger charge is 2.38. The van der Waals surface area contributed by atoms with Gasteiger partial charge in [0.15, 0.2) is 21.4 Å². The van der Waals surface area contributed by atoms with Gasteiger partial charge in [0.2, 0.25) is 0 Å². The first kappa shape index (κ1) is 23.0. The third-order valence-electron chi connectivity index (χ3n) is 4.18. The standard InChI is InChI=1S/C20H19F3O7S/c1-19(2)27-11-18(30-19)17(24)12-31(25,26)16-9-7-14(8-10-16)28-13-3-5-15(6-4-13)29-20(21,22)23/h3-10,18H,11-12H2,1-2H3/t18-/m0/s1. The summed E-state index contributed by atoms with van der Waals surface area (Å²) in [6.07, 6.45) is -5.74. The SMILES string of the molecule is CC1(C)OC[C@@H](C(=O)CS(=O)(=O)c2ccc(Oc3ccc(OC(F)(F)F)cc3)cc2)O1. The Hall–Kier alpha value is -2.63. The lowest BCUT2D eigenvalue weighted by Crippen LogP contribution is -2.31. The summed E-state index contributed by atoms with van der Waals surface area (Å²) in [5.74, 6) is -2.21. The molecule has 0 amide bonds. The van der Waals surface area contributed by atoms with Crippen LogP contribution in [-0.2, 0) is 24.1 Å². The van der Waals surface area contributed by atoms with Crippen LogP contribution in [0.4, 0.5) is 13.2 Å². The van der Waals surface area contributed by atoms with E-state index in [1.807, 2.05) is 0 Å². The molecule has 0 unspecified atom stereocenters. The molecular weight excluding hydrogens is 441 g/mol. The molecule has 1 fully saturated rings. The van der Waals surface area contributed by atoms with Gasteiger partial charge in [0.05, 0.1) is 11.5 Å². The van der Waals surface area contributed by atoms with Gasteiger partial charge in [0, 0.05) is 0 Å². The molecule has 3 rings (SSSR count). The molecule has 0 aromatic heterocycles. The summed E-state index contributed by atoms with van der Waals surface area (Å²) in [4.78, 5) is 12.2. The van der Waals surface area contributed by atoms with Crippen molar-refractivity contribution in [2.45, 2.75) is 37.0 Å². The van der Waals surface area contributed by atoms with E-state index in [9.17, 15) is 26.4 Å². The lowest BCUT2D eigenvalue weighted by Gasteiger charge is -2.16. The molecule has 31 heavy (non-hydrogen) atoms. The Bertz CT molecular complexity index is 1030. The van der Waals surface area contributed by atoms with E-state index in [0.717, 1.165) is 12.1 Å². The fourth-order valence-electron chi connectivity index (χ4n) is 2.77. The summed E-state index contributed by atoms with van der Waals surface area (Å²) in [6, 6.07) is 10.0. The minimum Gasteiger partial charge on any atom is -0.457 e. The zero-order chi connectivity index (χ0) is 22.9. The van der Waals surface area contributed by atoms with E-state index < -0.39 is 45.4 Å². The molecule has 0 bridgehead atoms. The first-order chi connectivity index (χ1) is 14.3. The molecule has 0 aliphatic carbocycles. The molecule has 11 heteroatoms. The number of alkyl halides is 3. The Kier molecular flexibility index (Phi) is 6.30. The summed E-state index contributed by atoms with van der Waals surface area (Å²) in [7, 11) is -3.91. The molecule has 0 radical (unpaired) electrons. The van der Waals surface area contributed by atoms with Crippen LogP contribution in [-0.4, -0.2) is 44.8 Å². The van der Waals surface area contributed by atoms with Gasteiger partial charge in [-0.25, -0.2) is 8.42 Å². The molecule has 1 aliphatic rings. The zero-order valence-electron chi connectivity index (χ0n) is 16.5. The molecule has 1 saturated heterocycles. The molecule has 0 saturated carbocycles. The fraction of sp³-hybridized carbons (Fsp3) is 0.350. The molecule has 2 aromatic carbocycles. The van der Waals surface area contributed by atoms with E-state index in [0.29, 0.717) is 0 Å². The number of carbonyl (C=O) groups excluding carboxylic acids is 1. The topological polar surface area (TPSA) is 88.1 Å². The van der Waals surface area contributed by atoms with Gasteiger partial charge in [-0.05, 0) is 62.4 Å². The van der Waals surface area contributed by atoms with E-state index in [2.05, 4.69) is 4.74 Å². The Morgan fingerprint density at radius 1 is 1.03 bits per heavy atom. The Labute approximate surface area is 176 Å². The summed E-state index contributed by atoms with van der Waals surface area (Å²) in [5, 5.41) is 0. The molecule has 1 atom stereocenters. The molecular formula is C20H19F3O7S. The summed E-state index contributed by atoms with van der Waals surface area (Å²) in [5.41, 5.74) is 0. The maximum atomic E-state index is 12.5. The second-order valence-corrected chi connectivity index (χ2v) is 9.12. The zero-order valence-corrected chi connectivity index (χ0v) is 17.3. The van der Waals surface area contributed by atoms with E-state index >= 15 is 0 Å². The van der Waals surface area contributed by atoms with Gasteiger partial charge < -0.3 is 18.9 Å². The number of hydrogen-bond donors (Lipinski definition) is 0. The van der Waals surface area contributed by atoms with Crippen LogP contribution in [0, 0.1) is 0 Å². The number of ketones is 1. The smallest absolute Gasteiger partial charge is 0.457 e. The van der Waals surface area contributed by atoms with E-state index in [1.165, 1.54) is 36.4 Å². The van der Waals surface area contributed by atoms with Crippen molar-refractivity contribution in [3.8, 4) is 17.2 Å². The molecule has 168 valence electrons. The third kappa shape index (κ3) is 6.42. The van der Waals surface area contributed by atoms with Crippen LogP contribution in [0.2, 0.25) is 0 Å². The first-order valence-corrected chi connectivity index (χ1v) is 10.7. The van der Waals surface area contributed by atoms with Crippen molar-refractivity contribution in [2.75, 3.05) is 12.4 Å². The molecule has 2 aromatic rings. The minimum absolute atomic E-state index is 0.0130. The highest BCUT2D eigenvalue weighted by Crippen LogP contribution is 2.28. The van der Waals surface area contributed by atoms with Crippen LogP contribution in [0.5, 0.6) is 17.2 Å². The maximum Gasteiger partial charge on any atom is 0.573 e. The highest BCUT2D eigenvalue weighted by molar-refractivity contribution is 7.92. The normalized spacial score (nSPS) is 18.5. The lowest BCUT2D eigenvalue weighted by molar-refractivity contribution is -0.274. The summed E-state index contributed by atoms with van der Waals surface area (Å²) >= 11 is 0. The van der Waals surface area contributed by atoms with E-state index in [-0.39, 0.29) is 23.0 Å². The number of ether oxygens (including phenoxy) is 4. The predicted molar refractivity (Wildman–Crippen MR) is 102 cm³/mol. The van der Waals surface area contributed by atoms with Gasteiger partial charge in [-0.15, -0.1) is 13.2 Å². The van der Waals surface area contributed by atoms with E-state index in [1.54, 1.807) is 13.8 Å². The quantitative estimate of drug-likeness (QED) is 0.620. The van der Waals surface area contributed by atoms with Gasteiger partial charge in [-0.1, -0.05) is 0 Å². The number of Topliss-reactive ketones (excluding diaryl/α,β-unsaturated/α-hetero) is 1. The maximum absolute atomic E-state index is 12.5. The second kappa shape index (κ2) is 8.48. The number of benzene rings is 2. The second-order valence-electron chi connectivity index (χ2n) is 7.14. The Balaban J connectivity index is 1.62. The van der Waals surface area contributed by atoms with Crippen molar-refractivity contribution in [3.05, 3.63) is 48.5 Å². The summed E-state index contributed by atoms with van der Waals surface area (Å²) < 4.78 is 81.5. The average Bonchev–Trinajstić information content (AvgIpc) is 3.02. The Morgan fingerprint density at radius 2 is 1.55 bits per heavy atom. The molecule has 7 nitrogen and oxygen atoms in total. The fourth-order valence-corrected chi connectivity index (χ4v) is 4.05. The van der Waals surface area contributed by atoms with Crippen molar-refractivity contribution in [3.63, 3.8) is 0 Å². The van der Waals surface area contributed by atoms with Crippen molar-refractivity contribution < 1.29 is 45.3 Å². The van der Waals surface area contributed by atoms with Gasteiger partial charge in [0.1, 0.15) is 29.1 Å². The van der Waals surface area contributed by atoms with Crippen molar-refractivity contribution in [1.82, 2.24) is 0 Å². The largest absolute Gasteiger partial charge is 0.573 e. The van der Waals surface area contributed by atoms with E-state index in [4.69, 9.17) is 14.2 Å². The molecule has 0 spiro atoms. The van der Waals surface area contributed by atoms with Gasteiger partial charge in [-0.2, -0.15) is 0 Å². The lowest BCUT2D eigenvalue weighted by atomic mass is 10.3. The van der Waals surface area contributed by atoms with Crippen molar-refractivity contribution in [1.29, 1.82) is 0 Å². The van der Waals surface area contributed by atoms with Gasteiger partial charge in [0.25, 0.3) is 0 Å². The molecule has 1 heterocycles. The van der Waals surface area contributed by atoms with Crippen LogP contribution in [0.1, 0.15) is 13.8 Å². The third-order valence-corrected chi connectivity index (χ3v) is 5.83. The molecule has 1 aliphatic heterocycles. The minimum atomic E-state index is -4.79. The summed E-state index contributed by atoms with van der Waals surface area (Å²) in [6.45, 7) is 3.25. The number of rotatable bonds is 7. The van der Waals surface area contributed by atoms with Crippen LogP contribution >= 0.6 is 0 Å². The highest BCUT2D eigenvalue weighted by atomic mass is 32.2. The number of carbonyl (C=O) groups is 1. The average molecular weight is 460 g/mol. The van der Waals surface area contributed by atoms with Crippen LogP contribution in [0.25, 0.3) is 0 Å². The predicted octanol–water partition coefficient (Wildman–Crippen LogP) is 3.87. The molecule has 0 N–H and O–H groups in total. The van der Waals surface area contributed by atoms with Crippen LogP contribution in [0.3, 0.4) is 0 Å². The van der Waals surface area contributed by atoms with Gasteiger partial charge in [-0.3, -0.25) is 4.79 Å². The van der Waals surface area contributed by atoms with Crippen LogP contribution in [0.15, 0.2) is 53.4 Å². The number of sulfone groups is 1.